The van der Waals surface area contributed by atoms with E-state index in [9.17, 15) is 4.39 Å². The average molecular weight is 369 g/mol. The molecule has 3 aromatic rings. The molecule has 0 unspecified atom stereocenters. The Hall–Kier alpha value is -2.84. The first-order valence-electron chi connectivity index (χ1n) is 9.00. The molecule has 0 radical (unpaired) electrons. The Morgan fingerprint density at radius 3 is 2.52 bits per heavy atom. The second kappa shape index (κ2) is 7.42. The van der Waals surface area contributed by atoms with Crippen molar-refractivity contribution in [1.82, 2.24) is 15.0 Å². The van der Waals surface area contributed by atoms with Gasteiger partial charge in [-0.25, -0.2) is 9.37 Å². The van der Waals surface area contributed by atoms with Gasteiger partial charge in [-0.05, 0) is 35.9 Å². The maximum atomic E-state index is 13.4. The standard InChI is InChI=1S/C19H21FN6O/c20-14-3-1-12(2-4-14)16-13(5-6-26-7-9-27-10-8-26)11-15-17(21)24-19(22)25-18(15)23-16/h1-4,11H,5-10H2,(H4,21,22,23,24,25)/p+1. The van der Waals surface area contributed by atoms with E-state index < -0.39 is 0 Å². The summed E-state index contributed by atoms with van der Waals surface area (Å²) >= 11 is 0. The van der Waals surface area contributed by atoms with Crippen molar-refractivity contribution in [3.63, 3.8) is 0 Å². The van der Waals surface area contributed by atoms with Crippen LogP contribution in [0.25, 0.3) is 22.3 Å². The van der Waals surface area contributed by atoms with Crippen LogP contribution in [0.15, 0.2) is 30.3 Å². The summed E-state index contributed by atoms with van der Waals surface area (Å²) in [5.41, 5.74) is 14.8. The van der Waals surface area contributed by atoms with Gasteiger partial charge >= 0.3 is 0 Å². The fourth-order valence-electron chi connectivity index (χ4n) is 3.41. The van der Waals surface area contributed by atoms with Crippen LogP contribution in [0.2, 0.25) is 0 Å². The van der Waals surface area contributed by atoms with Crippen LogP contribution < -0.4 is 16.4 Å². The molecule has 0 bridgehead atoms. The minimum absolute atomic E-state index is 0.0862. The topological polar surface area (TPSA) is 104 Å². The number of morpholine rings is 1. The summed E-state index contributed by atoms with van der Waals surface area (Å²) in [6, 6.07) is 8.29. The van der Waals surface area contributed by atoms with Crippen LogP contribution in [0.4, 0.5) is 16.2 Å². The van der Waals surface area contributed by atoms with Gasteiger partial charge < -0.3 is 21.1 Å². The highest BCUT2D eigenvalue weighted by molar-refractivity contribution is 5.89. The molecule has 27 heavy (non-hydrogen) atoms. The van der Waals surface area contributed by atoms with E-state index in [2.05, 4.69) is 9.97 Å². The van der Waals surface area contributed by atoms with Crippen molar-refractivity contribution in [2.75, 3.05) is 44.3 Å². The Balaban J connectivity index is 1.75. The predicted octanol–water partition coefficient (Wildman–Crippen LogP) is 0.453. The van der Waals surface area contributed by atoms with Gasteiger partial charge in [0.05, 0.1) is 30.8 Å². The Bertz CT molecular complexity index is 957. The van der Waals surface area contributed by atoms with Gasteiger partial charge in [-0.1, -0.05) is 0 Å². The van der Waals surface area contributed by atoms with Crippen molar-refractivity contribution in [2.45, 2.75) is 6.42 Å². The zero-order chi connectivity index (χ0) is 18.8. The lowest BCUT2D eigenvalue weighted by Gasteiger charge is -2.24. The van der Waals surface area contributed by atoms with Gasteiger partial charge in [0, 0.05) is 12.0 Å². The lowest BCUT2D eigenvalue weighted by molar-refractivity contribution is -0.907. The molecule has 1 fully saturated rings. The molecule has 1 aliphatic heterocycles. The van der Waals surface area contributed by atoms with Crippen LogP contribution in [-0.2, 0) is 11.2 Å². The first-order valence-corrected chi connectivity index (χ1v) is 9.00. The van der Waals surface area contributed by atoms with Crippen LogP contribution in [0.3, 0.4) is 0 Å². The number of ether oxygens (including phenoxy) is 1. The summed E-state index contributed by atoms with van der Waals surface area (Å²) in [5, 5.41) is 0.682. The molecule has 4 rings (SSSR count). The molecule has 1 saturated heterocycles. The van der Waals surface area contributed by atoms with Gasteiger partial charge in [0.2, 0.25) is 5.95 Å². The summed E-state index contributed by atoms with van der Waals surface area (Å²) in [6.07, 6.45) is 0.814. The second-order valence-corrected chi connectivity index (χ2v) is 6.70. The molecule has 3 heterocycles. The van der Waals surface area contributed by atoms with Gasteiger partial charge in [-0.3, -0.25) is 0 Å². The number of nitrogens with two attached hydrogens (primary N) is 2. The van der Waals surface area contributed by atoms with E-state index in [4.69, 9.17) is 21.2 Å². The number of nitrogens with zero attached hydrogens (tertiary/aromatic N) is 3. The molecule has 5 N–H and O–H groups in total. The molecule has 2 aromatic heterocycles. The van der Waals surface area contributed by atoms with Crippen LogP contribution in [0.5, 0.6) is 0 Å². The van der Waals surface area contributed by atoms with Crippen molar-refractivity contribution in [3.8, 4) is 11.3 Å². The quantitative estimate of drug-likeness (QED) is 0.617. The molecule has 8 heteroatoms. The highest BCUT2D eigenvalue weighted by Gasteiger charge is 2.17. The molecule has 7 nitrogen and oxygen atoms in total. The summed E-state index contributed by atoms with van der Waals surface area (Å²) < 4.78 is 18.8. The summed E-state index contributed by atoms with van der Waals surface area (Å²) in [6.45, 7) is 4.52. The third-order valence-corrected chi connectivity index (χ3v) is 4.88. The maximum absolute atomic E-state index is 13.4. The van der Waals surface area contributed by atoms with E-state index in [0.717, 1.165) is 56.1 Å². The van der Waals surface area contributed by atoms with Crippen molar-refractivity contribution >= 4 is 22.8 Å². The number of hydrogen-bond acceptors (Lipinski definition) is 6. The minimum atomic E-state index is -0.283. The molecule has 0 aliphatic carbocycles. The number of halogens is 1. The third kappa shape index (κ3) is 3.81. The number of nitrogens with one attached hydrogen (secondary N) is 1. The highest BCUT2D eigenvalue weighted by Crippen LogP contribution is 2.27. The van der Waals surface area contributed by atoms with Crippen molar-refractivity contribution in [1.29, 1.82) is 0 Å². The van der Waals surface area contributed by atoms with Gasteiger partial charge in [0.1, 0.15) is 24.7 Å². The summed E-state index contributed by atoms with van der Waals surface area (Å²) in [4.78, 5) is 14.4. The predicted molar refractivity (Wildman–Crippen MR) is 102 cm³/mol. The summed E-state index contributed by atoms with van der Waals surface area (Å²) in [5.74, 6) is 0.119. The van der Waals surface area contributed by atoms with E-state index in [1.165, 1.54) is 17.0 Å². The number of fused-ring (bicyclic) bond motifs is 1. The van der Waals surface area contributed by atoms with Gasteiger partial charge in [-0.2, -0.15) is 9.97 Å². The van der Waals surface area contributed by atoms with Gasteiger partial charge in [0.15, 0.2) is 5.65 Å². The fourth-order valence-corrected chi connectivity index (χ4v) is 3.41. The van der Waals surface area contributed by atoms with Crippen LogP contribution in [0.1, 0.15) is 5.56 Å². The number of benzene rings is 1. The van der Waals surface area contributed by atoms with E-state index in [-0.39, 0.29) is 11.8 Å². The molecule has 0 saturated carbocycles. The molecule has 140 valence electrons. The summed E-state index contributed by atoms with van der Waals surface area (Å²) in [7, 11) is 0. The molecule has 1 aliphatic rings. The zero-order valence-corrected chi connectivity index (χ0v) is 14.9. The Kier molecular flexibility index (Phi) is 4.83. The first kappa shape index (κ1) is 17.6. The normalized spacial score (nSPS) is 15.3. The fraction of sp³-hybridized carbons (Fsp3) is 0.316. The first-order chi connectivity index (χ1) is 13.1. The number of anilines is 2. The Morgan fingerprint density at radius 2 is 1.78 bits per heavy atom. The van der Waals surface area contributed by atoms with E-state index in [0.29, 0.717) is 16.9 Å². The van der Waals surface area contributed by atoms with Crippen molar-refractivity contribution in [3.05, 3.63) is 41.7 Å². The molecule has 0 atom stereocenters. The van der Waals surface area contributed by atoms with E-state index in [1.807, 2.05) is 6.07 Å². The minimum Gasteiger partial charge on any atom is -0.383 e. The van der Waals surface area contributed by atoms with Crippen molar-refractivity contribution in [2.24, 2.45) is 0 Å². The number of rotatable bonds is 4. The lowest BCUT2D eigenvalue weighted by Crippen LogP contribution is -3.14. The SMILES string of the molecule is Nc1nc(N)c2cc(CC[NH+]3CCOCC3)c(-c3ccc(F)cc3)nc2n1. The zero-order valence-electron chi connectivity index (χ0n) is 14.9. The molecular formula is C19H22FN6O+. The van der Waals surface area contributed by atoms with Crippen LogP contribution in [-0.4, -0.2) is 47.8 Å². The largest absolute Gasteiger partial charge is 0.383 e. The Morgan fingerprint density at radius 1 is 1.04 bits per heavy atom. The van der Waals surface area contributed by atoms with E-state index >= 15 is 0 Å². The van der Waals surface area contributed by atoms with Gasteiger partial charge in [-0.15, -0.1) is 0 Å². The number of pyridine rings is 1. The van der Waals surface area contributed by atoms with E-state index in [1.54, 1.807) is 12.1 Å². The average Bonchev–Trinajstić information content (AvgIpc) is 2.67. The molecule has 0 amide bonds. The number of hydrogen-bond donors (Lipinski definition) is 3. The number of aromatic nitrogens is 3. The smallest absolute Gasteiger partial charge is 0.224 e. The Labute approximate surface area is 156 Å². The van der Waals surface area contributed by atoms with Crippen LogP contribution in [0, 0.1) is 5.82 Å². The molecule has 0 spiro atoms. The molecule has 1 aromatic carbocycles. The lowest BCUT2D eigenvalue weighted by atomic mass is 10.0. The van der Waals surface area contributed by atoms with Crippen LogP contribution >= 0.6 is 0 Å². The monoisotopic (exact) mass is 369 g/mol. The van der Waals surface area contributed by atoms with Crippen molar-refractivity contribution < 1.29 is 14.0 Å². The maximum Gasteiger partial charge on any atom is 0.224 e. The second-order valence-electron chi connectivity index (χ2n) is 6.70. The number of quaternary nitrogens is 1. The van der Waals surface area contributed by atoms with Gasteiger partial charge in [0.25, 0.3) is 0 Å². The third-order valence-electron chi connectivity index (χ3n) is 4.88. The molecular weight excluding hydrogens is 347 g/mol. The number of nitrogen functional groups attached to an aromatic ring is 2. The highest BCUT2D eigenvalue weighted by atomic mass is 19.1.